The maximum Gasteiger partial charge on any atom is 0.408 e. The number of alkyl carbamates (subject to hydrolysis) is 1. The van der Waals surface area contributed by atoms with Crippen LogP contribution in [0.5, 0.6) is 0 Å². The van der Waals surface area contributed by atoms with E-state index in [9.17, 15) is 9.59 Å². The number of rotatable bonds is 5. The number of unbranched alkanes of at least 4 members (excludes halogenated alkanes) is 1. The number of ether oxygens (including phenoxy) is 2. The first kappa shape index (κ1) is 18.5. The Morgan fingerprint density at radius 3 is 2.77 bits per heavy atom. The highest BCUT2D eigenvalue weighted by Crippen LogP contribution is 2.25. The molecule has 1 rings (SSSR count). The molecule has 1 heterocycles. The summed E-state index contributed by atoms with van der Waals surface area (Å²) in [6.07, 6.45) is 5.19. The lowest BCUT2D eigenvalue weighted by Crippen LogP contribution is -2.47. The lowest BCUT2D eigenvalue weighted by atomic mass is 9.89. The molecule has 1 aliphatic heterocycles. The monoisotopic (exact) mass is 311 g/mol. The number of cyclic esters (lactones) is 1. The molecular formula is C17H29NO4. The molecule has 0 bridgehead atoms. The predicted molar refractivity (Wildman–Crippen MR) is 85.4 cm³/mol. The first-order valence-electron chi connectivity index (χ1n) is 8.00. The Morgan fingerprint density at radius 1 is 1.50 bits per heavy atom. The van der Waals surface area contributed by atoms with Crippen molar-refractivity contribution in [1.29, 1.82) is 0 Å². The molecule has 3 atom stereocenters. The Labute approximate surface area is 133 Å². The summed E-state index contributed by atoms with van der Waals surface area (Å²) < 4.78 is 10.5. The number of hydrogen-bond acceptors (Lipinski definition) is 4. The van der Waals surface area contributed by atoms with Crippen molar-refractivity contribution in [2.45, 2.75) is 65.0 Å². The van der Waals surface area contributed by atoms with Gasteiger partial charge in [-0.2, -0.15) is 0 Å². The summed E-state index contributed by atoms with van der Waals surface area (Å²) in [6.45, 7) is 11.5. The molecule has 5 heteroatoms. The first-order chi connectivity index (χ1) is 10.2. The van der Waals surface area contributed by atoms with Crippen LogP contribution in [0, 0.1) is 11.8 Å². The molecule has 0 aromatic rings. The van der Waals surface area contributed by atoms with E-state index in [0.29, 0.717) is 12.5 Å². The topological polar surface area (TPSA) is 64.6 Å². The van der Waals surface area contributed by atoms with E-state index in [4.69, 9.17) is 9.47 Å². The van der Waals surface area contributed by atoms with Crippen LogP contribution in [0.15, 0.2) is 12.7 Å². The van der Waals surface area contributed by atoms with Crippen LogP contribution in [0.25, 0.3) is 0 Å². The van der Waals surface area contributed by atoms with Crippen LogP contribution in [-0.4, -0.2) is 30.3 Å². The van der Waals surface area contributed by atoms with E-state index in [2.05, 4.69) is 11.9 Å². The van der Waals surface area contributed by atoms with Crippen molar-refractivity contribution < 1.29 is 19.1 Å². The second-order valence-corrected chi connectivity index (χ2v) is 7.05. The average molecular weight is 311 g/mol. The van der Waals surface area contributed by atoms with Gasteiger partial charge in [-0.15, -0.1) is 6.58 Å². The summed E-state index contributed by atoms with van der Waals surface area (Å²) in [6, 6.07) is -0.640. The molecule has 0 radical (unpaired) electrons. The quantitative estimate of drug-likeness (QED) is 0.480. The molecule has 22 heavy (non-hydrogen) atoms. The lowest BCUT2D eigenvalue weighted by Gasteiger charge is -2.24. The second-order valence-electron chi connectivity index (χ2n) is 7.05. The number of allylic oxidation sites excluding steroid dienone is 1. The molecule has 1 N–H and O–H groups in total. The van der Waals surface area contributed by atoms with Gasteiger partial charge in [0, 0.05) is 0 Å². The molecule has 0 saturated carbocycles. The summed E-state index contributed by atoms with van der Waals surface area (Å²) in [5.41, 5.74) is -0.588. The van der Waals surface area contributed by atoms with Crippen molar-refractivity contribution in [2.75, 3.05) is 6.61 Å². The van der Waals surface area contributed by atoms with Crippen LogP contribution in [0.3, 0.4) is 0 Å². The molecule has 1 saturated heterocycles. The predicted octanol–water partition coefficient (Wildman–Crippen LogP) is 3.44. The fourth-order valence-corrected chi connectivity index (χ4v) is 2.64. The minimum atomic E-state index is -0.640. The number of nitrogens with one attached hydrogen (secondary N) is 1. The number of carbonyl (C=O) groups excluding carboxylic acids is 2. The molecule has 1 amide bonds. The summed E-state index contributed by atoms with van der Waals surface area (Å²) in [5, 5.41) is 2.65. The van der Waals surface area contributed by atoms with Gasteiger partial charge in [0.05, 0.1) is 6.61 Å². The van der Waals surface area contributed by atoms with Gasteiger partial charge in [0.15, 0.2) is 0 Å². The normalized spacial score (nSPS) is 25.8. The average Bonchev–Trinajstić information content (AvgIpc) is 2.50. The summed E-state index contributed by atoms with van der Waals surface area (Å²) in [5.74, 6) is -0.00911. The van der Waals surface area contributed by atoms with Crippen molar-refractivity contribution in [2.24, 2.45) is 11.8 Å². The molecule has 1 unspecified atom stereocenters. The number of amides is 1. The van der Waals surface area contributed by atoms with Crippen LogP contribution >= 0.6 is 0 Å². The van der Waals surface area contributed by atoms with Crippen molar-refractivity contribution in [1.82, 2.24) is 5.32 Å². The van der Waals surface area contributed by atoms with E-state index in [1.807, 2.05) is 13.0 Å². The maximum absolute atomic E-state index is 12.1. The summed E-state index contributed by atoms with van der Waals surface area (Å²) in [7, 11) is 0. The second kappa shape index (κ2) is 8.20. The van der Waals surface area contributed by atoms with Crippen molar-refractivity contribution in [3.63, 3.8) is 0 Å². The van der Waals surface area contributed by atoms with Crippen molar-refractivity contribution >= 4 is 12.1 Å². The first-order valence-corrected chi connectivity index (χ1v) is 8.00. The third kappa shape index (κ3) is 6.50. The lowest BCUT2D eigenvalue weighted by molar-refractivity contribution is -0.146. The molecule has 5 nitrogen and oxygen atoms in total. The van der Waals surface area contributed by atoms with Gasteiger partial charge in [-0.1, -0.05) is 13.0 Å². The van der Waals surface area contributed by atoms with Crippen LogP contribution < -0.4 is 5.32 Å². The zero-order valence-corrected chi connectivity index (χ0v) is 14.2. The number of carbonyl (C=O) groups is 2. The Hall–Kier alpha value is -1.52. The molecule has 0 aromatic carbocycles. The minimum Gasteiger partial charge on any atom is -0.464 e. The fourth-order valence-electron chi connectivity index (χ4n) is 2.64. The smallest absolute Gasteiger partial charge is 0.408 e. The largest absolute Gasteiger partial charge is 0.464 e. The van der Waals surface area contributed by atoms with E-state index in [0.717, 1.165) is 25.7 Å². The highest BCUT2D eigenvalue weighted by Gasteiger charge is 2.34. The van der Waals surface area contributed by atoms with Gasteiger partial charge in [-0.25, -0.2) is 9.59 Å². The summed E-state index contributed by atoms with van der Waals surface area (Å²) >= 11 is 0. The minimum absolute atomic E-state index is 0.0243. The van der Waals surface area contributed by atoms with Gasteiger partial charge in [-0.3, -0.25) is 0 Å². The van der Waals surface area contributed by atoms with Gasteiger partial charge in [0.2, 0.25) is 0 Å². The Bertz CT molecular complexity index is 400. The highest BCUT2D eigenvalue weighted by atomic mass is 16.6. The molecular weight excluding hydrogens is 282 g/mol. The molecule has 1 fully saturated rings. The van der Waals surface area contributed by atoms with Crippen LogP contribution in [0.1, 0.15) is 53.4 Å². The fraction of sp³-hybridized carbons (Fsp3) is 0.765. The Balaban J connectivity index is 2.58. The maximum atomic E-state index is 12.1. The van der Waals surface area contributed by atoms with Gasteiger partial charge in [0.1, 0.15) is 11.6 Å². The third-order valence-electron chi connectivity index (χ3n) is 3.68. The van der Waals surface area contributed by atoms with Crippen molar-refractivity contribution in [3.8, 4) is 0 Å². The molecule has 0 aromatic heterocycles. The van der Waals surface area contributed by atoms with E-state index in [1.54, 1.807) is 20.8 Å². The van der Waals surface area contributed by atoms with E-state index >= 15 is 0 Å². The Morgan fingerprint density at radius 2 is 2.18 bits per heavy atom. The van der Waals surface area contributed by atoms with E-state index in [1.165, 1.54) is 0 Å². The third-order valence-corrected chi connectivity index (χ3v) is 3.68. The number of hydrogen-bond donors (Lipinski definition) is 1. The van der Waals surface area contributed by atoms with E-state index < -0.39 is 17.7 Å². The summed E-state index contributed by atoms with van der Waals surface area (Å²) in [4.78, 5) is 24.0. The van der Waals surface area contributed by atoms with Gasteiger partial charge in [-0.05, 0) is 58.3 Å². The van der Waals surface area contributed by atoms with Crippen LogP contribution in [0.2, 0.25) is 0 Å². The zero-order valence-electron chi connectivity index (χ0n) is 14.2. The molecule has 1 aliphatic rings. The Kier molecular flexibility index (Phi) is 6.91. The number of esters is 1. The van der Waals surface area contributed by atoms with Crippen LogP contribution in [-0.2, 0) is 14.3 Å². The van der Waals surface area contributed by atoms with Gasteiger partial charge >= 0.3 is 12.1 Å². The zero-order chi connectivity index (χ0) is 16.8. The SMILES string of the molecule is C=CCCC[C@@H]1COC(=O)C(NC(=O)OC(C)(C)C)[C@H](C)C1. The standard InChI is InChI=1S/C17H29NO4/c1-6-7-8-9-13-10-12(2)14(15(19)21-11-13)18-16(20)22-17(3,4)5/h6,12-14H,1,7-11H2,2-5H3,(H,18,20)/t12-,13+,14?/m1/s1. The van der Waals surface area contributed by atoms with E-state index in [-0.39, 0.29) is 11.9 Å². The molecule has 0 spiro atoms. The molecule has 126 valence electrons. The van der Waals surface area contributed by atoms with Gasteiger partial charge in [0.25, 0.3) is 0 Å². The highest BCUT2D eigenvalue weighted by molar-refractivity contribution is 5.81. The molecule has 0 aliphatic carbocycles. The van der Waals surface area contributed by atoms with Crippen LogP contribution in [0.4, 0.5) is 4.79 Å². The van der Waals surface area contributed by atoms with Gasteiger partial charge < -0.3 is 14.8 Å². The van der Waals surface area contributed by atoms with Crippen molar-refractivity contribution in [3.05, 3.63) is 12.7 Å².